The summed E-state index contributed by atoms with van der Waals surface area (Å²) in [5, 5.41) is 7.72. The number of pyridine rings is 1. The maximum Gasteiger partial charge on any atom is 0.249 e. The predicted molar refractivity (Wildman–Crippen MR) is 82.7 cm³/mol. The van der Waals surface area contributed by atoms with E-state index >= 15 is 0 Å². The highest BCUT2D eigenvalue weighted by Gasteiger charge is 2.16. The van der Waals surface area contributed by atoms with Gasteiger partial charge in [0.25, 0.3) is 0 Å². The summed E-state index contributed by atoms with van der Waals surface area (Å²) in [5.41, 5.74) is 1.54. The van der Waals surface area contributed by atoms with Gasteiger partial charge in [-0.3, -0.25) is 4.98 Å². The first-order valence-corrected chi connectivity index (χ1v) is 8.32. The molecule has 0 saturated heterocycles. The van der Waals surface area contributed by atoms with Crippen molar-refractivity contribution in [2.24, 2.45) is 0 Å². The van der Waals surface area contributed by atoms with Gasteiger partial charge in [0.05, 0.1) is 17.0 Å². The maximum atomic E-state index is 12.2. The van der Waals surface area contributed by atoms with Crippen LogP contribution in [0.2, 0.25) is 0 Å². The second-order valence-electron chi connectivity index (χ2n) is 4.88. The van der Waals surface area contributed by atoms with Gasteiger partial charge in [0, 0.05) is 12.4 Å². The summed E-state index contributed by atoms with van der Waals surface area (Å²) in [6, 6.07) is 10.2. The Morgan fingerprint density at radius 3 is 2.78 bits per heavy atom. The van der Waals surface area contributed by atoms with Crippen LogP contribution in [-0.2, 0) is 16.6 Å². The number of hydrogen-bond donors (Lipinski definition) is 1. The molecule has 0 unspecified atom stereocenters. The zero-order valence-corrected chi connectivity index (χ0v) is 13.1. The van der Waals surface area contributed by atoms with Crippen molar-refractivity contribution in [3.05, 3.63) is 60.2 Å². The van der Waals surface area contributed by atoms with Crippen molar-refractivity contribution in [3.8, 4) is 11.5 Å². The molecule has 0 atom stereocenters. The Morgan fingerprint density at radius 2 is 2.04 bits per heavy atom. The molecule has 0 aliphatic rings. The highest BCUT2D eigenvalue weighted by atomic mass is 32.2. The quantitative estimate of drug-likeness (QED) is 0.767. The topological polar surface area (TPSA) is 98.0 Å². The highest BCUT2D eigenvalue weighted by molar-refractivity contribution is 7.89. The average Bonchev–Trinajstić information content (AvgIpc) is 3.03. The van der Waals surface area contributed by atoms with Crippen LogP contribution in [0, 0.1) is 6.92 Å². The third-order valence-corrected chi connectivity index (χ3v) is 4.49. The van der Waals surface area contributed by atoms with Gasteiger partial charge < -0.3 is 4.42 Å². The first kappa shape index (κ1) is 15.3. The van der Waals surface area contributed by atoms with Crippen LogP contribution in [0.15, 0.2) is 58.1 Å². The molecule has 3 aromatic rings. The molecule has 8 heteroatoms. The Kier molecular flexibility index (Phi) is 4.18. The molecule has 1 N–H and O–H groups in total. The molecular weight excluding hydrogens is 316 g/mol. The van der Waals surface area contributed by atoms with Crippen LogP contribution in [0.3, 0.4) is 0 Å². The molecular formula is C15H14N4O3S. The van der Waals surface area contributed by atoms with E-state index in [2.05, 4.69) is 19.9 Å². The maximum absolute atomic E-state index is 12.2. The van der Waals surface area contributed by atoms with Gasteiger partial charge in [0.15, 0.2) is 0 Å². The summed E-state index contributed by atoms with van der Waals surface area (Å²) in [6.07, 6.45) is 3.23. The van der Waals surface area contributed by atoms with E-state index in [1.54, 1.807) is 36.7 Å². The Labute approximate surface area is 133 Å². The van der Waals surface area contributed by atoms with Gasteiger partial charge in [-0.15, -0.1) is 10.2 Å². The van der Waals surface area contributed by atoms with Crippen molar-refractivity contribution in [3.63, 3.8) is 0 Å². The Bertz CT molecular complexity index is 907. The van der Waals surface area contributed by atoms with Crippen LogP contribution in [0.4, 0.5) is 0 Å². The fourth-order valence-corrected chi connectivity index (χ4v) is 3.03. The van der Waals surface area contributed by atoms with Gasteiger partial charge in [-0.25, -0.2) is 13.1 Å². The lowest BCUT2D eigenvalue weighted by Gasteiger charge is -2.05. The van der Waals surface area contributed by atoms with E-state index in [1.807, 2.05) is 13.0 Å². The lowest BCUT2D eigenvalue weighted by Crippen LogP contribution is -2.23. The lowest BCUT2D eigenvalue weighted by molar-refractivity contribution is 0.494. The normalized spacial score (nSPS) is 11.5. The van der Waals surface area contributed by atoms with E-state index in [0.29, 0.717) is 11.5 Å². The summed E-state index contributed by atoms with van der Waals surface area (Å²) in [5.74, 6) is 0.475. The minimum Gasteiger partial charge on any atom is -0.419 e. The fraction of sp³-hybridized carbons (Fsp3) is 0.133. The molecule has 23 heavy (non-hydrogen) atoms. The number of benzene rings is 1. The molecule has 1 aromatic carbocycles. The van der Waals surface area contributed by atoms with Gasteiger partial charge in [-0.2, -0.15) is 0 Å². The third kappa shape index (κ3) is 3.61. The minimum absolute atomic E-state index is 0.0798. The van der Waals surface area contributed by atoms with Crippen LogP contribution >= 0.6 is 0 Å². The SMILES string of the molecule is Cc1cccc(S(=O)(=O)NCc2nnc(-c3cccnc3)o2)c1. The summed E-state index contributed by atoms with van der Waals surface area (Å²) < 4.78 is 32.3. The average molecular weight is 330 g/mol. The largest absolute Gasteiger partial charge is 0.419 e. The molecule has 3 rings (SSSR count). The molecule has 2 aromatic heterocycles. The van der Waals surface area contributed by atoms with Crippen molar-refractivity contribution < 1.29 is 12.8 Å². The number of aromatic nitrogens is 3. The number of hydrogen-bond acceptors (Lipinski definition) is 6. The molecule has 2 heterocycles. The van der Waals surface area contributed by atoms with E-state index in [1.165, 1.54) is 6.07 Å². The Morgan fingerprint density at radius 1 is 1.17 bits per heavy atom. The molecule has 0 amide bonds. The van der Waals surface area contributed by atoms with Gasteiger partial charge >= 0.3 is 0 Å². The van der Waals surface area contributed by atoms with Crippen molar-refractivity contribution >= 4 is 10.0 Å². The van der Waals surface area contributed by atoms with Crippen LogP contribution in [0.5, 0.6) is 0 Å². The summed E-state index contributed by atoms with van der Waals surface area (Å²) >= 11 is 0. The summed E-state index contributed by atoms with van der Waals surface area (Å²) in [6.45, 7) is 1.75. The summed E-state index contributed by atoms with van der Waals surface area (Å²) in [4.78, 5) is 4.16. The minimum atomic E-state index is -3.63. The van der Waals surface area contributed by atoms with Gasteiger partial charge in [0.2, 0.25) is 21.8 Å². The summed E-state index contributed by atoms with van der Waals surface area (Å²) in [7, 11) is -3.63. The van der Waals surface area contributed by atoms with Crippen LogP contribution in [0.1, 0.15) is 11.5 Å². The smallest absolute Gasteiger partial charge is 0.249 e. The molecule has 118 valence electrons. The Balaban J connectivity index is 1.73. The number of nitrogens with zero attached hydrogens (tertiary/aromatic N) is 3. The van der Waals surface area contributed by atoms with Gasteiger partial charge in [-0.1, -0.05) is 12.1 Å². The van der Waals surface area contributed by atoms with E-state index in [9.17, 15) is 8.42 Å². The second kappa shape index (κ2) is 6.27. The van der Waals surface area contributed by atoms with E-state index in [0.717, 1.165) is 5.56 Å². The number of nitrogens with one attached hydrogen (secondary N) is 1. The highest BCUT2D eigenvalue weighted by Crippen LogP contribution is 2.16. The zero-order chi connectivity index (χ0) is 16.3. The predicted octanol–water partition coefficient (Wildman–Crippen LogP) is 1.92. The molecule has 0 fully saturated rings. The first-order valence-electron chi connectivity index (χ1n) is 6.84. The molecule has 0 saturated carbocycles. The number of sulfonamides is 1. The molecule has 0 aliphatic carbocycles. The molecule has 0 spiro atoms. The number of aryl methyl sites for hydroxylation is 1. The van der Waals surface area contributed by atoms with Crippen molar-refractivity contribution in [1.82, 2.24) is 19.9 Å². The van der Waals surface area contributed by atoms with E-state index < -0.39 is 10.0 Å². The van der Waals surface area contributed by atoms with Gasteiger partial charge in [-0.05, 0) is 36.8 Å². The second-order valence-corrected chi connectivity index (χ2v) is 6.65. The third-order valence-electron chi connectivity index (χ3n) is 3.09. The van der Waals surface area contributed by atoms with E-state index in [-0.39, 0.29) is 17.3 Å². The molecule has 0 radical (unpaired) electrons. The zero-order valence-electron chi connectivity index (χ0n) is 12.3. The molecule has 7 nitrogen and oxygen atoms in total. The first-order chi connectivity index (χ1) is 11.0. The standard InChI is InChI=1S/C15H14N4O3S/c1-11-4-2-6-13(8-11)23(20,21)17-10-14-18-19-15(22-14)12-5-3-7-16-9-12/h2-9,17H,10H2,1H3. The van der Waals surface area contributed by atoms with Crippen molar-refractivity contribution in [1.29, 1.82) is 0 Å². The molecule has 0 aliphatic heterocycles. The van der Waals surface area contributed by atoms with E-state index in [4.69, 9.17) is 4.42 Å². The number of rotatable bonds is 5. The van der Waals surface area contributed by atoms with Crippen LogP contribution in [-0.4, -0.2) is 23.6 Å². The fourth-order valence-electron chi connectivity index (χ4n) is 1.95. The van der Waals surface area contributed by atoms with Crippen LogP contribution in [0.25, 0.3) is 11.5 Å². The van der Waals surface area contributed by atoms with Crippen LogP contribution < -0.4 is 4.72 Å². The lowest BCUT2D eigenvalue weighted by atomic mass is 10.2. The molecule has 0 bridgehead atoms. The van der Waals surface area contributed by atoms with Gasteiger partial charge in [0.1, 0.15) is 0 Å². The van der Waals surface area contributed by atoms with Crippen molar-refractivity contribution in [2.75, 3.05) is 0 Å². The van der Waals surface area contributed by atoms with Crippen molar-refractivity contribution in [2.45, 2.75) is 18.4 Å². The Hall–Kier alpha value is -2.58. The monoisotopic (exact) mass is 330 g/mol.